The van der Waals surface area contributed by atoms with Crippen LogP contribution in [0.25, 0.3) is 10.8 Å². The van der Waals surface area contributed by atoms with E-state index in [1.54, 1.807) is 13.8 Å². The molecular weight excluding hydrogens is 400 g/mol. The van der Waals surface area contributed by atoms with Gasteiger partial charge in [0.2, 0.25) is 0 Å². The van der Waals surface area contributed by atoms with E-state index in [-0.39, 0.29) is 0 Å². The number of rotatable bonds is 9. The maximum Gasteiger partial charge on any atom is 0.338 e. The van der Waals surface area contributed by atoms with Crippen LogP contribution in [0.1, 0.15) is 70.4 Å². The lowest BCUT2D eigenvalue weighted by atomic mass is 9.79. The molecule has 0 aromatic heterocycles. The average molecular weight is 435 g/mol. The van der Waals surface area contributed by atoms with E-state index in [4.69, 9.17) is 9.47 Å². The van der Waals surface area contributed by atoms with Crippen molar-refractivity contribution in [2.24, 2.45) is 5.92 Å². The molecule has 0 spiro atoms. The van der Waals surface area contributed by atoms with Gasteiger partial charge in [-0.25, -0.2) is 9.59 Å². The summed E-state index contributed by atoms with van der Waals surface area (Å²) >= 11 is 0. The number of hydrogen-bond acceptors (Lipinski definition) is 4. The third-order valence-corrected chi connectivity index (χ3v) is 6.18. The maximum absolute atomic E-state index is 12.5. The number of hydrogen-bond donors (Lipinski definition) is 0. The summed E-state index contributed by atoms with van der Waals surface area (Å²) in [4.78, 5) is 24.9. The minimum absolute atomic E-state index is 0.352. The second kappa shape index (κ2) is 10.6. The van der Waals surface area contributed by atoms with Crippen LogP contribution in [0, 0.1) is 5.92 Å². The fourth-order valence-electron chi connectivity index (χ4n) is 4.40. The summed E-state index contributed by atoms with van der Waals surface area (Å²) in [6.45, 7) is 13.0. The van der Waals surface area contributed by atoms with Gasteiger partial charge >= 0.3 is 11.9 Å². The molecule has 4 heteroatoms. The molecular formula is C28H34O4. The molecule has 3 rings (SSSR count). The van der Waals surface area contributed by atoms with Gasteiger partial charge in [-0.05, 0) is 39.0 Å². The molecule has 1 aliphatic rings. The highest BCUT2D eigenvalue weighted by Crippen LogP contribution is 2.46. The van der Waals surface area contributed by atoms with Gasteiger partial charge in [-0.3, -0.25) is 0 Å². The second-order valence-electron chi connectivity index (χ2n) is 8.96. The van der Waals surface area contributed by atoms with E-state index < -0.39 is 11.9 Å². The third kappa shape index (κ3) is 5.29. The minimum Gasteiger partial charge on any atom is -0.422 e. The SMILES string of the molecule is C=C(C)C(=O)Oc1c2c(c(OC(=O)C(=C)C)c3ccccc13)CC(CCCCCC)CC2. The molecule has 1 unspecified atom stereocenters. The first-order chi connectivity index (χ1) is 15.3. The van der Waals surface area contributed by atoms with Crippen LogP contribution < -0.4 is 9.47 Å². The molecule has 2 aromatic rings. The lowest BCUT2D eigenvalue weighted by Crippen LogP contribution is -2.20. The summed E-state index contributed by atoms with van der Waals surface area (Å²) < 4.78 is 11.7. The molecule has 0 fully saturated rings. The molecule has 0 radical (unpaired) electrons. The lowest BCUT2D eigenvalue weighted by molar-refractivity contribution is -0.131. The molecule has 1 atom stereocenters. The fourth-order valence-corrected chi connectivity index (χ4v) is 4.40. The van der Waals surface area contributed by atoms with Crippen LogP contribution >= 0.6 is 0 Å². The van der Waals surface area contributed by atoms with Gasteiger partial charge in [0, 0.05) is 33.0 Å². The van der Waals surface area contributed by atoms with Crippen molar-refractivity contribution in [3.63, 3.8) is 0 Å². The summed E-state index contributed by atoms with van der Waals surface area (Å²) in [7, 11) is 0. The normalized spacial score (nSPS) is 15.2. The quantitative estimate of drug-likeness (QED) is 0.187. The van der Waals surface area contributed by atoms with Crippen LogP contribution in [0.2, 0.25) is 0 Å². The molecule has 0 bridgehead atoms. The van der Waals surface area contributed by atoms with E-state index in [9.17, 15) is 9.59 Å². The van der Waals surface area contributed by atoms with Gasteiger partial charge in [-0.1, -0.05) is 76.5 Å². The monoisotopic (exact) mass is 434 g/mol. The predicted molar refractivity (Wildman–Crippen MR) is 129 cm³/mol. The first kappa shape index (κ1) is 23.8. The van der Waals surface area contributed by atoms with Crippen molar-refractivity contribution in [1.29, 1.82) is 0 Å². The van der Waals surface area contributed by atoms with Gasteiger partial charge in [0.15, 0.2) is 0 Å². The van der Waals surface area contributed by atoms with Gasteiger partial charge in [0.25, 0.3) is 0 Å². The van der Waals surface area contributed by atoms with Crippen LogP contribution in [-0.2, 0) is 22.4 Å². The van der Waals surface area contributed by atoms with Crippen molar-refractivity contribution >= 4 is 22.7 Å². The van der Waals surface area contributed by atoms with Crippen LogP contribution in [-0.4, -0.2) is 11.9 Å². The summed E-state index contributed by atoms with van der Waals surface area (Å²) in [6, 6.07) is 7.63. The van der Waals surface area contributed by atoms with Crippen molar-refractivity contribution in [2.45, 2.75) is 72.1 Å². The van der Waals surface area contributed by atoms with Crippen LogP contribution in [0.4, 0.5) is 0 Å². The Balaban J connectivity index is 2.09. The first-order valence-electron chi connectivity index (χ1n) is 11.6. The molecule has 2 aromatic carbocycles. The van der Waals surface area contributed by atoms with E-state index in [0.29, 0.717) is 28.6 Å². The zero-order valence-corrected chi connectivity index (χ0v) is 19.6. The number of carbonyl (C=O) groups excluding carboxylic acids is 2. The molecule has 0 saturated carbocycles. The number of fused-ring (bicyclic) bond motifs is 2. The molecule has 32 heavy (non-hydrogen) atoms. The Bertz CT molecular complexity index is 1050. The van der Waals surface area contributed by atoms with E-state index in [0.717, 1.165) is 47.6 Å². The van der Waals surface area contributed by atoms with Gasteiger partial charge in [-0.2, -0.15) is 0 Å². The molecule has 0 N–H and O–H groups in total. The Labute approximate surface area is 191 Å². The summed E-state index contributed by atoms with van der Waals surface area (Å²) in [5.41, 5.74) is 2.65. The third-order valence-electron chi connectivity index (χ3n) is 6.18. The first-order valence-corrected chi connectivity index (χ1v) is 11.6. The lowest BCUT2D eigenvalue weighted by Gasteiger charge is -2.29. The van der Waals surface area contributed by atoms with Gasteiger partial charge in [0.1, 0.15) is 11.5 Å². The highest BCUT2D eigenvalue weighted by Gasteiger charge is 2.30. The molecule has 0 aliphatic heterocycles. The Morgan fingerprint density at radius 1 is 0.906 bits per heavy atom. The second-order valence-corrected chi connectivity index (χ2v) is 8.96. The standard InChI is InChI=1S/C28H34O4/c1-6-7-8-9-12-20-15-16-23-24(17-20)26(32-28(30)19(4)5)22-14-11-10-13-21(22)25(23)31-27(29)18(2)3/h10-11,13-14,20H,2,4,6-9,12,15-17H2,1,3,5H3. The predicted octanol–water partition coefficient (Wildman–Crippen LogP) is 6.88. The molecule has 0 amide bonds. The molecule has 0 saturated heterocycles. The molecule has 170 valence electrons. The summed E-state index contributed by atoms with van der Waals surface area (Å²) in [6.07, 6.45) is 8.71. The molecule has 4 nitrogen and oxygen atoms in total. The Morgan fingerprint density at radius 2 is 1.47 bits per heavy atom. The van der Waals surface area contributed by atoms with Crippen molar-refractivity contribution in [3.8, 4) is 11.5 Å². The van der Waals surface area contributed by atoms with Crippen molar-refractivity contribution in [3.05, 3.63) is 59.7 Å². The Morgan fingerprint density at radius 3 is 2.00 bits per heavy atom. The van der Waals surface area contributed by atoms with Crippen molar-refractivity contribution in [2.75, 3.05) is 0 Å². The van der Waals surface area contributed by atoms with E-state index in [1.807, 2.05) is 24.3 Å². The highest BCUT2D eigenvalue weighted by molar-refractivity contribution is 6.01. The minimum atomic E-state index is -0.439. The van der Waals surface area contributed by atoms with E-state index in [2.05, 4.69) is 20.1 Å². The van der Waals surface area contributed by atoms with Crippen LogP contribution in [0.5, 0.6) is 11.5 Å². The van der Waals surface area contributed by atoms with Crippen LogP contribution in [0.15, 0.2) is 48.6 Å². The number of esters is 2. The summed E-state index contributed by atoms with van der Waals surface area (Å²) in [5, 5.41) is 1.55. The van der Waals surface area contributed by atoms with Gasteiger partial charge in [-0.15, -0.1) is 0 Å². The zero-order chi connectivity index (χ0) is 23.3. The Hall–Kier alpha value is -2.88. The fraction of sp³-hybridized carbons (Fsp3) is 0.429. The number of unbranched alkanes of at least 4 members (excludes halogenated alkanes) is 3. The van der Waals surface area contributed by atoms with Crippen LogP contribution in [0.3, 0.4) is 0 Å². The van der Waals surface area contributed by atoms with Gasteiger partial charge < -0.3 is 9.47 Å². The summed E-state index contributed by atoms with van der Waals surface area (Å²) in [5.74, 6) is 0.799. The van der Waals surface area contributed by atoms with Crippen molar-refractivity contribution < 1.29 is 19.1 Å². The highest BCUT2D eigenvalue weighted by atomic mass is 16.5. The molecule has 0 heterocycles. The average Bonchev–Trinajstić information content (AvgIpc) is 2.78. The smallest absolute Gasteiger partial charge is 0.338 e. The van der Waals surface area contributed by atoms with Gasteiger partial charge in [0.05, 0.1) is 0 Å². The number of benzene rings is 2. The van der Waals surface area contributed by atoms with E-state index in [1.165, 1.54) is 25.7 Å². The largest absolute Gasteiger partial charge is 0.422 e. The zero-order valence-electron chi connectivity index (χ0n) is 19.6. The topological polar surface area (TPSA) is 52.6 Å². The van der Waals surface area contributed by atoms with E-state index >= 15 is 0 Å². The van der Waals surface area contributed by atoms with Crippen molar-refractivity contribution in [1.82, 2.24) is 0 Å². The molecule has 1 aliphatic carbocycles. The number of carbonyl (C=O) groups is 2. The number of ether oxygens (including phenoxy) is 2. The maximum atomic E-state index is 12.5. The Kier molecular flexibility index (Phi) is 7.89.